The van der Waals surface area contributed by atoms with Crippen LogP contribution in [-0.4, -0.2) is 6.04 Å². The molecule has 1 nitrogen and oxygen atoms in total. The molecule has 1 aliphatic rings. The number of nitrogens with two attached hydrogens (primary N) is 1. The van der Waals surface area contributed by atoms with Gasteiger partial charge in [-0.05, 0) is 42.9 Å². The number of halogens is 2. The Morgan fingerprint density at radius 1 is 1.33 bits per heavy atom. The zero-order chi connectivity index (χ0) is 13.0. The van der Waals surface area contributed by atoms with Crippen LogP contribution in [0.4, 0.5) is 4.39 Å². The van der Waals surface area contributed by atoms with E-state index in [1.165, 1.54) is 38.2 Å². The third-order valence-electron chi connectivity index (χ3n) is 3.90. The topological polar surface area (TPSA) is 26.0 Å². The minimum absolute atomic E-state index is 0.159. The summed E-state index contributed by atoms with van der Waals surface area (Å²) in [5.41, 5.74) is 7.16. The third-order valence-corrected chi connectivity index (χ3v) is 4.19. The van der Waals surface area contributed by atoms with Crippen LogP contribution in [0.25, 0.3) is 0 Å². The standard InChI is InChI=1S/C15H21ClFN/c16-14-10-12(6-8-15(14)17)9-13(18)7-5-11-3-1-2-4-11/h6,8,10-11,13H,1-5,7,9,18H2. The van der Waals surface area contributed by atoms with Crippen molar-refractivity contribution in [2.24, 2.45) is 11.7 Å². The van der Waals surface area contributed by atoms with Gasteiger partial charge in [0.15, 0.2) is 0 Å². The van der Waals surface area contributed by atoms with E-state index in [0.717, 1.165) is 24.3 Å². The summed E-state index contributed by atoms with van der Waals surface area (Å²) < 4.78 is 13.0. The maximum absolute atomic E-state index is 13.0. The number of hydrogen-bond acceptors (Lipinski definition) is 1. The van der Waals surface area contributed by atoms with Crippen LogP contribution in [0.5, 0.6) is 0 Å². The molecule has 1 saturated carbocycles. The lowest BCUT2D eigenvalue weighted by molar-refractivity contribution is 0.447. The molecule has 1 aromatic rings. The molecule has 1 unspecified atom stereocenters. The van der Waals surface area contributed by atoms with Crippen LogP contribution in [0.3, 0.4) is 0 Å². The zero-order valence-electron chi connectivity index (χ0n) is 10.7. The van der Waals surface area contributed by atoms with Gasteiger partial charge >= 0.3 is 0 Å². The highest BCUT2D eigenvalue weighted by Crippen LogP contribution is 2.29. The Kier molecular flexibility index (Phi) is 5.02. The van der Waals surface area contributed by atoms with E-state index in [2.05, 4.69) is 0 Å². The minimum atomic E-state index is -0.361. The minimum Gasteiger partial charge on any atom is -0.327 e. The van der Waals surface area contributed by atoms with Crippen molar-refractivity contribution in [1.29, 1.82) is 0 Å². The first-order valence-corrected chi connectivity index (χ1v) is 7.22. The molecule has 0 radical (unpaired) electrons. The molecule has 1 aliphatic carbocycles. The van der Waals surface area contributed by atoms with E-state index in [1.54, 1.807) is 12.1 Å². The average Bonchev–Trinajstić information content (AvgIpc) is 2.84. The van der Waals surface area contributed by atoms with Gasteiger partial charge in [0.1, 0.15) is 5.82 Å². The molecule has 18 heavy (non-hydrogen) atoms. The molecule has 0 saturated heterocycles. The maximum atomic E-state index is 13.0. The van der Waals surface area contributed by atoms with Crippen LogP contribution < -0.4 is 5.73 Å². The van der Waals surface area contributed by atoms with Crippen LogP contribution in [0.2, 0.25) is 5.02 Å². The first-order chi connectivity index (χ1) is 8.65. The van der Waals surface area contributed by atoms with Gasteiger partial charge in [0.25, 0.3) is 0 Å². The summed E-state index contributed by atoms with van der Waals surface area (Å²) in [5.74, 6) is 0.521. The molecular weight excluding hydrogens is 249 g/mol. The Morgan fingerprint density at radius 3 is 2.72 bits per heavy atom. The van der Waals surface area contributed by atoms with Crippen LogP contribution in [0.1, 0.15) is 44.1 Å². The summed E-state index contributed by atoms with van der Waals surface area (Å²) in [7, 11) is 0. The largest absolute Gasteiger partial charge is 0.327 e. The monoisotopic (exact) mass is 269 g/mol. The zero-order valence-corrected chi connectivity index (χ0v) is 11.4. The van der Waals surface area contributed by atoms with Crippen molar-refractivity contribution in [2.45, 2.75) is 51.0 Å². The molecule has 3 heteroatoms. The molecule has 2 N–H and O–H groups in total. The van der Waals surface area contributed by atoms with Gasteiger partial charge in [-0.15, -0.1) is 0 Å². The second kappa shape index (κ2) is 6.53. The summed E-state index contributed by atoms with van der Waals surface area (Å²) in [5, 5.41) is 0.190. The summed E-state index contributed by atoms with van der Waals surface area (Å²) >= 11 is 5.76. The van der Waals surface area contributed by atoms with Gasteiger partial charge in [0, 0.05) is 6.04 Å². The second-order valence-corrected chi connectivity index (χ2v) is 5.85. The van der Waals surface area contributed by atoms with E-state index < -0.39 is 0 Å². The van der Waals surface area contributed by atoms with E-state index in [9.17, 15) is 4.39 Å². The van der Waals surface area contributed by atoms with E-state index in [-0.39, 0.29) is 16.9 Å². The Balaban J connectivity index is 1.78. The van der Waals surface area contributed by atoms with Crippen molar-refractivity contribution in [1.82, 2.24) is 0 Å². The molecule has 100 valence electrons. The van der Waals surface area contributed by atoms with E-state index in [1.807, 2.05) is 0 Å². The van der Waals surface area contributed by atoms with Crippen molar-refractivity contribution in [3.05, 3.63) is 34.6 Å². The molecule has 0 aromatic heterocycles. The Hall–Kier alpha value is -0.600. The Labute approximate surface area is 114 Å². The SMILES string of the molecule is NC(CCC1CCCC1)Cc1ccc(F)c(Cl)c1. The van der Waals surface area contributed by atoms with Gasteiger partial charge in [-0.2, -0.15) is 0 Å². The van der Waals surface area contributed by atoms with Gasteiger partial charge in [-0.1, -0.05) is 43.4 Å². The Morgan fingerprint density at radius 2 is 2.06 bits per heavy atom. The van der Waals surface area contributed by atoms with E-state index in [0.29, 0.717) is 0 Å². The molecule has 0 spiro atoms. The molecule has 1 fully saturated rings. The fraction of sp³-hybridized carbons (Fsp3) is 0.600. The summed E-state index contributed by atoms with van der Waals surface area (Å²) in [6.45, 7) is 0. The summed E-state index contributed by atoms with van der Waals surface area (Å²) in [6, 6.07) is 5.04. The molecule has 2 rings (SSSR count). The lowest BCUT2D eigenvalue weighted by Gasteiger charge is -2.15. The van der Waals surface area contributed by atoms with Gasteiger partial charge in [0.05, 0.1) is 5.02 Å². The average molecular weight is 270 g/mol. The van der Waals surface area contributed by atoms with Gasteiger partial charge in [0.2, 0.25) is 0 Å². The van der Waals surface area contributed by atoms with Crippen molar-refractivity contribution < 1.29 is 4.39 Å². The summed E-state index contributed by atoms with van der Waals surface area (Å²) in [4.78, 5) is 0. The highest BCUT2D eigenvalue weighted by Gasteiger charge is 2.16. The van der Waals surface area contributed by atoms with E-state index >= 15 is 0 Å². The second-order valence-electron chi connectivity index (χ2n) is 5.44. The van der Waals surface area contributed by atoms with Crippen LogP contribution in [0, 0.1) is 11.7 Å². The van der Waals surface area contributed by atoms with Crippen molar-refractivity contribution in [3.63, 3.8) is 0 Å². The molecular formula is C15H21ClFN. The lowest BCUT2D eigenvalue weighted by atomic mass is 9.95. The van der Waals surface area contributed by atoms with Gasteiger partial charge in [-0.3, -0.25) is 0 Å². The quantitative estimate of drug-likeness (QED) is 0.846. The predicted octanol–water partition coefficient (Wildman–Crippen LogP) is 4.32. The number of rotatable bonds is 5. The van der Waals surface area contributed by atoms with Crippen molar-refractivity contribution in [2.75, 3.05) is 0 Å². The number of benzene rings is 1. The Bertz CT molecular complexity index is 388. The molecule has 0 heterocycles. The first-order valence-electron chi connectivity index (χ1n) is 6.84. The maximum Gasteiger partial charge on any atom is 0.141 e. The fourth-order valence-electron chi connectivity index (χ4n) is 2.82. The molecule has 0 amide bonds. The number of hydrogen-bond donors (Lipinski definition) is 1. The van der Waals surface area contributed by atoms with Crippen molar-refractivity contribution in [3.8, 4) is 0 Å². The molecule has 0 aliphatic heterocycles. The molecule has 1 aromatic carbocycles. The predicted molar refractivity (Wildman–Crippen MR) is 74.3 cm³/mol. The first kappa shape index (κ1) is 13.8. The highest BCUT2D eigenvalue weighted by atomic mass is 35.5. The highest BCUT2D eigenvalue weighted by molar-refractivity contribution is 6.30. The van der Waals surface area contributed by atoms with Crippen LogP contribution in [0.15, 0.2) is 18.2 Å². The normalized spacial score (nSPS) is 18.2. The van der Waals surface area contributed by atoms with Crippen molar-refractivity contribution >= 4 is 11.6 Å². The molecule has 0 bridgehead atoms. The summed E-state index contributed by atoms with van der Waals surface area (Å²) in [6.07, 6.45) is 8.58. The fourth-order valence-corrected chi connectivity index (χ4v) is 3.02. The smallest absolute Gasteiger partial charge is 0.141 e. The third kappa shape index (κ3) is 3.96. The van der Waals surface area contributed by atoms with E-state index in [4.69, 9.17) is 17.3 Å². The van der Waals surface area contributed by atoms with Crippen LogP contribution in [-0.2, 0) is 6.42 Å². The van der Waals surface area contributed by atoms with Crippen LogP contribution >= 0.6 is 11.6 Å². The molecule has 1 atom stereocenters. The van der Waals surface area contributed by atoms with Gasteiger partial charge < -0.3 is 5.73 Å². The lowest BCUT2D eigenvalue weighted by Crippen LogP contribution is -2.23. The van der Waals surface area contributed by atoms with Gasteiger partial charge in [-0.25, -0.2) is 4.39 Å².